The van der Waals surface area contributed by atoms with Gasteiger partial charge in [0.15, 0.2) is 0 Å². The first-order valence-electron chi connectivity index (χ1n) is 8.78. The van der Waals surface area contributed by atoms with E-state index in [1.807, 2.05) is 19.1 Å². The fourth-order valence-electron chi connectivity index (χ4n) is 2.94. The zero-order valence-corrected chi connectivity index (χ0v) is 14.7. The van der Waals surface area contributed by atoms with Crippen molar-refractivity contribution in [2.24, 2.45) is 0 Å². The van der Waals surface area contributed by atoms with Crippen LogP contribution in [-0.2, 0) is 22.6 Å². The molecule has 2 aromatic rings. The van der Waals surface area contributed by atoms with Crippen LogP contribution >= 0.6 is 0 Å². The van der Waals surface area contributed by atoms with Crippen LogP contribution in [0.4, 0.5) is 0 Å². The van der Waals surface area contributed by atoms with Gasteiger partial charge in [-0.1, -0.05) is 12.1 Å². The number of benzene rings is 1. The number of likely N-dealkylation sites (tertiary alicyclic amines) is 1. The Morgan fingerprint density at radius 3 is 2.46 bits per heavy atom. The van der Waals surface area contributed by atoms with E-state index in [0.29, 0.717) is 5.56 Å². The SMILES string of the molecule is CC(CCc1ccco1)NC(=O)c1ccc(CN2C(=O)CCC2=O)cc1. The predicted molar refractivity (Wildman–Crippen MR) is 95.2 cm³/mol. The van der Waals surface area contributed by atoms with Crippen molar-refractivity contribution in [3.8, 4) is 0 Å². The first kappa shape index (κ1) is 17.9. The van der Waals surface area contributed by atoms with Crippen LogP contribution in [0.25, 0.3) is 0 Å². The van der Waals surface area contributed by atoms with Gasteiger partial charge < -0.3 is 9.73 Å². The topological polar surface area (TPSA) is 79.6 Å². The third-order valence-electron chi connectivity index (χ3n) is 4.49. The molecule has 1 aromatic carbocycles. The third kappa shape index (κ3) is 4.39. The van der Waals surface area contributed by atoms with E-state index < -0.39 is 0 Å². The molecule has 0 aliphatic carbocycles. The summed E-state index contributed by atoms with van der Waals surface area (Å²) in [6, 6.07) is 10.8. The summed E-state index contributed by atoms with van der Waals surface area (Å²) in [5, 5.41) is 2.97. The van der Waals surface area contributed by atoms with E-state index >= 15 is 0 Å². The van der Waals surface area contributed by atoms with Crippen molar-refractivity contribution in [3.63, 3.8) is 0 Å². The molecule has 6 heteroatoms. The molecule has 1 aliphatic rings. The number of hydrogen-bond acceptors (Lipinski definition) is 4. The lowest BCUT2D eigenvalue weighted by Gasteiger charge is -2.15. The van der Waals surface area contributed by atoms with Crippen LogP contribution in [0.2, 0.25) is 0 Å². The maximum absolute atomic E-state index is 12.3. The van der Waals surface area contributed by atoms with Crippen molar-refractivity contribution in [3.05, 3.63) is 59.5 Å². The summed E-state index contributed by atoms with van der Waals surface area (Å²) < 4.78 is 5.29. The van der Waals surface area contributed by atoms with Crippen molar-refractivity contribution in [1.29, 1.82) is 0 Å². The number of carbonyl (C=O) groups is 3. The van der Waals surface area contributed by atoms with Gasteiger partial charge >= 0.3 is 0 Å². The van der Waals surface area contributed by atoms with E-state index in [2.05, 4.69) is 5.32 Å². The van der Waals surface area contributed by atoms with Gasteiger partial charge in [0.05, 0.1) is 12.8 Å². The molecule has 3 rings (SSSR count). The molecule has 1 aromatic heterocycles. The Balaban J connectivity index is 1.51. The number of amides is 3. The standard InChI is InChI=1S/C20H22N2O4/c1-14(4-9-17-3-2-12-26-17)21-20(25)16-7-5-15(6-8-16)13-22-18(23)10-11-19(22)24/h2-3,5-8,12,14H,4,9-11,13H2,1H3,(H,21,25). The van der Waals surface area contributed by atoms with E-state index in [9.17, 15) is 14.4 Å². The number of aryl methyl sites for hydroxylation is 1. The molecule has 6 nitrogen and oxygen atoms in total. The van der Waals surface area contributed by atoms with Crippen LogP contribution in [0.5, 0.6) is 0 Å². The van der Waals surface area contributed by atoms with E-state index in [1.54, 1.807) is 30.5 Å². The minimum absolute atomic E-state index is 0.0205. The molecule has 26 heavy (non-hydrogen) atoms. The second-order valence-electron chi connectivity index (χ2n) is 6.56. The van der Waals surface area contributed by atoms with Crippen molar-refractivity contribution in [2.45, 2.75) is 45.2 Å². The zero-order chi connectivity index (χ0) is 18.5. The van der Waals surface area contributed by atoms with Crippen LogP contribution in [0.3, 0.4) is 0 Å². The van der Waals surface area contributed by atoms with Gasteiger partial charge in [0, 0.05) is 30.9 Å². The highest BCUT2D eigenvalue weighted by atomic mass is 16.3. The number of nitrogens with one attached hydrogen (secondary N) is 1. The lowest BCUT2D eigenvalue weighted by molar-refractivity contribution is -0.139. The first-order valence-corrected chi connectivity index (χ1v) is 8.78. The Hall–Kier alpha value is -2.89. The number of carbonyl (C=O) groups excluding carboxylic acids is 3. The molecule has 3 amide bonds. The van der Waals surface area contributed by atoms with E-state index in [-0.39, 0.29) is 43.1 Å². The molecule has 0 spiro atoms. The first-order chi connectivity index (χ1) is 12.5. The second-order valence-corrected chi connectivity index (χ2v) is 6.56. The molecule has 1 N–H and O–H groups in total. The lowest BCUT2D eigenvalue weighted by Crippen LogP contribution is -2.33. The van der Waals surface area contributed by atoms with Crippen molar-refractivity contribution < 1.29 is 18.8 Å². The third-order valence-corrected chi connectivity index (χ3v) is 4.49. The van der Waals surface area contributed by atoms with E-state index in [4.69, 9.17) is 4.42 Å². The van der Waals surface area contributed by atoms with Gasteiger partial charge in [0.25, 0.3) is 5.91 Å². The number of nitrogens with zero attached hydrogens (tertiary/aromatic N) is 1. The smallest absolute Gasteiger partial charge is 0.251 e. The average Bonchev–Trinajstić information content (AvgIpc) is 3.26. The fourth-order valence-corrected chi connectivity index (χ4v) is 2.94. The molecule has 1 aliphatic heterocycles. The highest BCUT2D eigenvalue weighted by Crippen LogP contribution is 2.16. The maximum Gasteiger partial charge on any atom is 0.251 e. The average molecular weight is 354 g/mol. The zero-order valence-electron chi connectivity index (χ0n) is 14.7. The molecular formula is C20H22N2O4. The monoisotopic (exact) mass is 354 g/mol. The Labute approximate surface area is 152 Å². The molecule has 0 bridgehead atoms. The molecule has 1 atom stereocenters. The van der Waals surface area contributed by atoms with Crippen LogP contribution in [0.1, 0.15) is 47.9 Å². The van der Waals surface area contributed by atoms with E-state index in [1.165, 1.54) is 4.90 Å². The maximum atomic E-state index is 12.3. The Morgan fingerprint density at radius 2 is 1.85 bits per heavy atom. The Kier molecular flexibility index (Phi) is 5.51. The summed E-state index contributed by atoms with van der Waals surface area (Å²) in [7, 11) is 0. The van der Waals surface area contributed by atoms with Crippen LogP contribution in [-0.4, -0.2) is 28.7 Å². The largest absolute Gasteiger partial charge is 0.469 e. The second kappa shape index (κ2) is 7.99. The predicted octanol–water partition coefficient (Wildman–Crippen LogP) is 2.68. The van der Waals surface area contributed by atoms with Gasteiger partial charge in [-0.3, -0.25) is 19.3 Å². The minimum atomic E-state index is -0.142. The fraction of sp³-hybridized carbons (Fsp3) is 0.350. The molecule has 2 heterocycles. The number of furan rings is 1. The number of rotatable bonds is 7. The van der Waals surface area contributed by atoms with Crippen LogP contribution < -0.4 is 5.32 Å². The number of imide groups is 1. The van der Waals surface area contributed by atoms with Crippen molar-refractivity contribution >= 4 is 17.7 Å². The Bertz CT molecular complexity index is 765. The van der Waals surface area contributed by atoms with Gasteiger partial charge in [0.2, 0.25) is 11.8 Å². The highest BCUT2D eigenvalue weighted by Gasteiger charge is 2.28. The van der Waals surface area contributed by atoms with Crippen molar-refractivity contribution in [2.75, 3.05) is 0 Å². The van der Waals surface area contributed by atoms with Gasteiger partial charge in [0.1, 0.15) is 5.76 Å². The van der Waals surface area contributed by atoms with Gasteiger partial charge in [-0.15, -0.1) is 0 Å². The normalized spacial score (nSPS) is 15.3. The summed E-state index contributed by atoms with van der Waals surface area (Å²) in [6.45, 7) is 2.22. The quantitative estimate of drug-likeness (QED) is 0.775. The van der Waals surface area contributed by atoms with Gasteiger partial charge in [-0.05, 0) is 43.2 Å². The molecular weight excluding hydrogens is 332 g/mol. The molecule has 136 valence electrons. The minimum Gasteiger partial charge on any atom is -0.469 e. The summed E-state index contributed by atoms with van der Waals surface area (Å²) in [6.07, 6.45) is 3.77. The Morgan fingerprint density at radius 1 is 1.15 bits per heavy atom. The summed E-state index contributed by atoms with van der Waals surface area (Å²) in [4.78, 5) is 36.9. The van der Waals surface area contributed by atoms with Gasteiger partial charge in [-0.25, -0.2) is 0 Å². The molecule has 1 unspecified atom stereocenters. The van der Waals surface area contributed by atoms with Gasteiger partial charge in [-0.2, -0.15) is 0 Å². The summed E-state index contributed by atoms with van der Waals surface area (Å²) in [5.74, 6) is 0.489. The molecule has 0 saturated carbocycles. The molecule has 1 saturated heterocycles. The van der Waals surface area contributed by atoms with Crippen LogP contribution in [0, 0.1) is 0 Å². The van der Waals surface area contributed by atoms with Crippen molar-refractivity contribution in [1.82, 2.24) is 10.2 Å². The highest BCUT2D eigenvalue weighted by molar-refractivity contribution is 6.01. The molecule has 1 fully saturated rings. The molecule has 0 radical (unpaired) electrons. The van der Waals surface area contributed by atoms with Crippen LogP contribution in [0.15, 0.2) is 47.1 Å². The number of hydrogen-bond donors (Lipinski definition) is 1. The summed E-state index contributed by atoms with van der Waals surface area (Å²) in [5.41, 5.74) is 1.38. The van der Waals surface area contributed by atoms with E-state index in [0.717, 1.165) is 24.2 Å². The lowest BCUT2D eigenvalue weighted by atomic mass is 10.1. The summed E-state index contributed by atoms with van der Waals surface area (Å²) >= 11 is 0.